The summed E-state index contributed by atoms with van der Waals surface area (Å²) in [6.07, 6.45) is -1.79. The van der Waals surface area contributed by atoms with E-state index in [0.717, 1.165) is 28.3 Å². The first kappa shape index (κ1) is 22.8. The van der Waals surface area contributed by atoms with Crippen LogP contribution in [0.2, 0.25) is 0 Å². The number of benzene rings is 3. The van der Waals surface area contributed by atoms with Crippen LogP contribution < -0.4 is 0 Å². The zero-order valence-corrected chi connectivity index (χ0v) is 19.3. The molecular weight excluding hydrogens is 470 g/mol. The van der Waals surface area contributed by atoms with E-state index < -0.39 is 23.7 Å². The highest BCUT2D eigenvalue weighted by Crippen LogP contribution is 2.46. The molecule has 0 N–H and O–H groups in total. The first-order valence-corrected chi connectivity index (χ1v) is 12.0. The summed E-state index contributed by atoms with van der Waals surface area (Å²) in [6.45, 7) is 0.190. The van der Waals surface area contributed by atoms with E-state index in [2.05, 4.69) is 12.1 Å². The summed E-state index contributed by atoms with van der Waals surface area (Å²) in [7, 11) is 0. The molecular formula is C29H23F4NO2. The van der Waals surface area contributed by atoms with Gasteiger partial charge in [-0.15, -0.1) is 0 Å². The Balaban J connectivity index is 1.22. The van der Waals surface area contributed by atoms with E-state index in [1.54, 1.807) is 11.0 Å². The fraction of sp³-hybridized carbons (Fsp3) is 0.276. The van der Waals surface area contributed by atoms with Crippen molar-refractivity contribution < 1.29 is 27.1 Å². The molecule has 36 heavy (non-hydrogen) atoms. The molecule has 3 aromatic carbocycles. The topological polar surface area (TPSA) is 29.5 Å². The second-order valence-electron chi connectivity index (χ2n) is 9.59. The van der Waals surface area contributed by atoms with Crippen molar-refractivity contribution in [3.8, 4) is 11.1 Å². The van der Waals surface area contributed by atoms with Crippen LogP contribution in [0.4, 0.5) is 22.4 Å². The molecule has 1 saturated heterocycles. The van der Waals surface area contributed by atoms with Crippen molar-refractivity contribution >= 4 is 11.7 Å². The predicted molar refractivity (Wildman–Crippen MR) is 128 cm³/mol. The molecule has 2 unspecified atom stereocenters. The van der Waals surface area contributed by atoms with Crippen LogP contribution in [0, 0.1) is 5.82 Å². The Morgan fingerprint density at radius 2 is 1.58 bits per heavy atom. The lowest BCUT2D eigenvalue weighted by Gasteiger charge is -2.34. The van der Waals surface area contributed by atoms with E-state index in [1.807, 2.05) is 36.4 Å². The predicted octanol–water partition coefficient (Wildman–Crippen LogP) is 7.41. The average molecular weight is 494 g/mol. The van der Waals surface area contributed by atoms with E-state index in [9.17, 15) is 22.4 Å². The number of ether oxygens (including phenoxy) is 1. The maximum absolute atomic E-state index is 13.6. The monoisotopic (exact) mass is 493 g/mol. The van der Waals surface area contributed by atoms with E-state index in [0.29, 0.717) is 24.5 Å². The van der Waals surface area contributed by atoms with E-state index >= 15 is 0 Å². The van der Waals surface area contributed by atoms with Crippen molar-refractivity contribution in [2.75, 3.05) is 6.61 Å². The molecule has 7 heteroatoms. The van der Waals surface area contributed by atoms with Crippen LogP contribution in [0.1, 0.15) is 47.4 Å². The van der Waals surface area contributed by atoms with Gasteiger partial charge in [0.25, 0.3) is 0 Å². The maximum atomic E-state index is 13.6. The lowest BCUT2D eigenvalue weighted by Crippen LogP contribution is -2.43. The normalized spacial score (nSPS) is 20.7. The first-order chi connectivity index (χ1) is 17.3. The molecule has 1 fully saturated rings. The maximum Gasteiger partial charge on any atom is 0.417 e. The second-order valence-corrected chi connectivity index (χ2v) is 9.59. The van der Waals surface area contributed by atoms with Gasteiger partial charge in [0.05, 0.1) is 11.6 Å². The van der Waals surface area contributed by atoms with Gasteiger partial charge in [-0.25, -0.2) is 9.18 Å². The molecule has 0 spiro atoms. The van der Waals surface area contributed by atoms with E-state index in [-0.39, 0.29) is 36.6 Å². The molecule has 2 heterocycles. The second kappa shape index (κ2) is 8.50. The summed E-state index contributed by atoms with van der Waals surface area (Å²) < 4.78 is 60.1. The Bertz CT molecular complexity index is 1330. The highest BCUT2D eigenvalue weighted by atomic mass is 19.4. The van der Waals surface area contributed by atoms with Gasteiger partial charge in [-0.2, -0.15) is 13.2 Å². The number of halogens is 4. The van der Waals surface area contributed by atoms with E-state index in [1.165, 1.54) is 6.07 Å². The van der Waals surface area contributed by atoms with Crippen LogP contribution >= 0.6 is 0 Å². The minimum Gasteiger partial charge on any atom is -0.448 e. The fourth-order valence-electron chi connectivity index (χ4n) is 6.01. The molecule has 2 atom stereocenters. The molecule has 3 aliphatic rings. The third-order valence-electron chi connectivity index (χ3n) is 7.58. The molecule has 0 aromatic heterocycles. The van der Waals surface area contributed by atoms with Gasteiger partial charge >= 0.3 is 12.3 Å². The first-order valence-electron chi connectivity index (χ1n) is 12.0. The zero-order valence-electron chi connectivity index (χ0n) is 19.3. The Morgan fingerprint density at radius 1 is 0.917 bits per heavy atom. The van der Waals surface area contributed by atoms with Gasteiger partial charge in [0, 0.05) is 12.0 Å². The number of nitrogens with zero attached hydrogens (tertiary/aromatic N) is 1. The van der Waals surface area contributed by atoms with Crippen molar-refractivity contribution in [2.24, 2.45) is 0 Å². The standard InChI is InChI=1S/C29H23F4NO2/c30-18-9-12-21(27(15-18)29(31,32)33)17-13-19-10-11-20(14-17)34(19)28(35)36-16-26-24-7-3-1-5-22(24)23-6-2-4-8-25(23)26/h1-9,12-13,15,19-20,26H,10-11,14,16H2. The zero-order chi connectivity index (χ0) is 25.0. The molecule has 2 bridgehead atoms. The van der Waals surface area contributed by atoms with Crippen molar-refractivity contribution in [2.45, 2.75) is 43.4 Å². The van der Waals surface area contributed by atoms with Crippen molar-refractivity contribution in [1.82, 2.24) is 4.90 Å². The number of hydrogen-bond donors (Lipinski definition) is 0. The molecule has 1 amide bonds. The number of hydrogen-bond acceptors (Lipinski definition) is 2. The molecule has 0 saturated carbocycles. The number of fused-ring (bicyclic) bond motifs is 5. The summed E-state index contributed by atoms with van der Waals surface area (Å²) in [5.74, 6) is -0.992. The van der Waals surface area contributed by atoms with Crippen molar-refractivity contribution in [3.05, 3.63) is 101 Å². The Morgan fingerprint density at radius 3 is 2.22 bits per heavy atom. The summed E-state index contributed by atoms with van der Waals surface area (Å²) in [5.41, 5.74) is 4.00. The highest BCUT2D eigenvalue weighted by Gasteiger charge is 2.43. The Labute approximate surface area is 206 Å². The molecule has 184 valence electrons. The number of rotatable bonds is 3. The van der Waals surface area contributed by atoms with Gasteiger partial charge < -0.3 is 4.74 Å². The van der Waals surface area contributed by atoms with Crippen LogP contribution in [0.5, 0.6) is 0 Å². The molecule has 6 rings (SSSR count). The Hall–Kier alpha value is -3.61. The van der Waals surface area contributed by atoms with Crippen LogP contribution in [-0.2, 0) is 10.9 Å². The van der Waals surface area contributed by atoms with Gasteiger partial charge in [-0.3, -0.25) is 4.90 Å². The lowest BCUT2D eigenvalue weighted by atomic mass is 9.91. The summed E-state index contributed by atoms with van der Waals surface area (Å²) in [6, 6.07) is 18.3. The Kier molecular flexibility index (Phi) is 5.39. The minimum absolute atomic E-state index is 0.0204. The molecule has 1 aliphatic carbocycles. The largest absolute Gasteiger partial charge is 0.448 e. The van der Waals surface area contributed by atoms with Gasteiger partial charge in [0.2, 0.25) is 0 Å². The van der Waals surface area contributed by atoms with Crippen molar-refractivity contribution in [3.63, 3.8) is 0 Å². The van der Waals surface area contributed by atoms with Crippen LogP contribution in [0.15, 0.2) is 72.8 Å². The van der Waals surface area contributed by atoms with Crippen LogP contribution in [0.3, 0.4) is 0 Å². The highest BCUT2D eigenvalue weighted by molar-refractivity contribution is 5.79. The molecule has 0 radical (unpaired) electrons. The lowest BCUT2D eigenvalue weighted by molar-refractivity contribution is -0.138. The third-order valence-corrected chi connectivity index (χ3v) is 7.58. The number of alkyl halides is 3. The van der Waals surface area contributed by atoms with Crippen LogP contribution in [-0.4, -0.2) is 29.7 Å². The summed E-state index contributed by atoms with van der Waals surface area (Å²) >= 11 is 0. The number of amides is 1. The fourth-order valence-corrected chi connectivity index (χ4v) is 6.01. The molecule has 2 aliphatic heterocycles. The van der Waals surface area contributed by atoms with Gasteiger partial charge in [0.1, 0.15) is 12.4 Å². The molecule has 3 aromatic rings. The SMILES string of the molecule is O=C(OCC1c2ccccc2-c2ccccc21)N1C2C=C(c3ccc(F)cc3C(F)(F)F)CC1CC2. The quantitative estimate of drug-likeness (QED) is 0.356. The third kappa shape index (κ3) is 3.77. The number of carbonyl (C=O) groups excluding carboxylic acids is 1. The number of carbonyl (C=O) groups is 1. The van der Waals surface area contributed by atoms with Gasteiger partial charge in [-0.05, 0) is 64.8 Å². The van der Waals surface area contributed by atoms with Crippen LogP contribution in [0.25, 0.3) is 16.7 Å². The van der Waals surface area contributed by atoms with Crippen molar-refractivity contribution in [1.29, 1.82) is 0 Å². The summed E-state index contributed by atoms with van der Waals surface area (Å²) in [4.78, 5) is 14.9. The molecule has 3 nitrogen and oxygen atoms in total. The van der Waals surface area contributed by atoms with Gasteiger partial charge in [-0.1, -0.05) is 60.7 Å². The van der Waals surface area contributed by atoms with Gasteiger partial charge in [0.15, 0.2) is 0 Å². The van der Waals surface area contributed by atoms with E-state index in [4.69, 9.17) is 4.74 Å². The average Bonchev–Trinajstić information content (AvgIpc) is 3.32. The minimum atomic E-state index is -4.67. The smallest absolute Gasteiger partial charge is 0.417 e. The summed E-state index contributed by atoms with van der Waals surface area (Å²) in [5, 5.41) is 0.